The summed E-state index contributed by atoms with van der Waals surface area (Å²) in [5, 5.41) is 22.2. The second-order valence-electron chi connectivity index (χ2n) is 4.72. The molecule has 0 fully saturated rings. The van der Waals surface area contributed by atoms with Crippen LogP contribution in [0, 0.1) is 16.0 Å². The Morgan fingerprint density at radius 1 is 1.38 bits per heavy atom. The maximum Gasteiger partial charge on any atom is 0.306 e. The molecule has 114 valence electrons. The Morgan fingerprint density at radius 3 is 2.67 bits per heavy atom. The van der Waals surface area contributed by atoms with Crippen molar-refractivity contribution in [2.45, 2.75) is 32.6 Å². The number of nitro groups is 1. The molecule has 0 heterocycles. The van der Waals surface area contributed by atoms with E-state index in [0.29, 0.717) is 12.1 Å². The first-order valence-electron chi connectivity index (χ1n) is 6.71. The van der Waals surface area contributed by atoms with Gasteiger partial charge in [0.2, 0.25) is 5.91 Å². The Hall–Kier alpha value is -2.44. The number of hydrogen-bond donors (Lipinski definition) is 2. The number of carbonyl (C=O) groups excluding carboxylic acids is 1. The van der Waals surface area contributed by atoms with Gasteiger partial charge in [-0.05, 0) is 18.9 Å². The number of carbonyl (C=O) groups is 2. The van der Waals surface area contributed by atoms with E-state index in [1.54, 1.807) is 6.07 Å². The Labute approximate surface area is 122 Å². The summed E-state index contributed by atoms with van der Waals surface area (Å²) in [7, 11) is 0. The van der Waals surface area contributed by atoms with Crippen LogP contribution in [0.1, 0.15) is 32.6 Å². The zero-order valence-corrected chi connectivity index (χ0v) is 11.7. The van der Waals surface area contributed by atoms with Crippen LogP contribution in [0.25, 0.3) is 0 Å². The molecule has 0 bridgehead atoms. The highest BCUT2D eigenvalue weighted by Crippen LogP contribution is 2.18. The maximum absolute atomic E-state index is 11.8. The van der Waals surface area contributed by atoms with Crippen LogP contribution in [0.2, 0.25) is 0 Å². The van der Waals surface area contributed by atoms with Crippen molar-refractivity contribution in [3.8, 4) is 0 Å². The van der Waals surface area contributed by atoms with Gasteiger partial charge in [0.05, 0.1) is 10.8 Å². The SMILES string of the molecule is CCC[C@H](CCC(=O)Nc1cccc([N+](=O)[O-])c1)C(=O)O. The fourth-order valence-electron chi connectivity index (χ4n) is 1.97. The molecule has 0 spiro atoms. The first-order chi connectivity index (χ1) is 9.93. The number of non-ortho nitro benzene ring substituents is 1. The van der Waals surface area contributed by atoms with Gasteiger partial charge in [0.25, 0.3) is 5.69 Å². The predicted molar refractivity (Wildman–Crippen MR) is 77.0 cm³/mol. The summed E-state index contributed by atoms with van der Waals surface area (Å²) < 4.78 is 0. The van der Waals surface area contributed by atoms with E-state index >= 15 is 0 Å². The fourth-order valence-corrected chi connectivity index (χ4v) is 1.97. The average Bonchev–Trinajstić information content (AvgIpc) is 2.43. The molecule has 1 atom stereocenters. The topological polar surface area (TPSA) is 110 Å². The highest BCUT2D eigenvalue weighted by Gasteiger charge is 2.18. The maximum atomic E-state index is 11.8. The van der Waals surface area contributed by atoms with E-state index in [0.717, 1.165) is 6.42 Å². The predicted octanol–water partition coefficient (Wildman–Crippen LogP) is 2.81. The van der Waals surface area contributed by atoms with Crippen molar-refractivity contribution >= 4 is 23.3 Å². The molecular formula is C14H18N2O5. The van der Waals surface area contributed by atoms with Crippen LogP contribution in [-0.2, 0) is 9.59 Å². The molecule has 0 saturated carbocycles. The minimum atomic E-state index is -0.903. The summed E-state index contributed by atoms with van der Waals surface area (Å²) in [6.45, 7) is 1.89. The third-order valence-corrected chi connectivity index (χ3v) is 3.05. The number of amides is 1. The lowest BCUT2D eigenvalue weighted by molar-refractivity contribution is -0.384. The van der Waals surface area contributed by atoms with Crippen LogP contribution < -0.4 is 5.32 Å². The fraction of sp³-hybridized carbons (Fsp3) is 0.429. The number of hydrogen-bond acceptors (Lipinski definition) is 4. The zero-order valence-electron chi connectivity index (χ0n) is 11.7. The number of aliphatic carboxylic acids is 1. The molecule has 1 rings (SSSR count). The van der Waals surface area contributed by atoms with E-state index in [1.807, 2.05) is 6.92 Å². The molecule has 0 unspecified atom stereocenters. The number of rotatable bonds is 8. The summed E-state index contributed by atoms with van der Waals surface area (Å²) >= 11 is 0. The zero-order chi connectivity index (χ0) is 15.8. The summed E-state index contributed by atoms with van der Waals surface area (Å²) in [5.41, 5.74) is 0.221. The van der Waals surface area contributed by atoms with E-state index in [-0.39, 0.29) is 24.4 Å². The molecule has 0 aromatic heterocycles. The van der Waals surface area contributed by atoms with E-state index in [2.05, 4.69) is 5.32 Å². The first kappa shape index (κ1) is 16.6. The normalized spacial score (nSPS) is 11.7. The minimum absolute atomic E-state index is 0.0691. The van der Waals surface area contributed by atoms with Gasteiger partial charge in [-0.15, -0.1) is 0 Å². The highest BCUT2D eigenvalue weighted by molar-refractivity contribution is 5.91. The number of nitro benzene ring substituents is 1. The number of carboxylic acid groups (broad SMARTS) is 1. The Morgan fingerprint density at radius 2 is 2.10 bits per heavy atom. The van der Waals surface area contributed by atoms with Gasteiger partial charge < -0.3 is 10.4 Å². The van der Waals surface area contributed by atoms with Gasteiger partial charge in [0.1, 0.15) is 0 Å². The molecule has 7 nitrogen and oxygen atoms in total. The van der Waals surface area contributed by atoms with E-state index in [1.165, 1.54) is 18.2 Å². The lowest BCUT2D eigenvalue weighted by Crippen LogP contribution is -2.18. The van der Waals surface area contributed by atoms with Gasteiger partial charge in [-0.3, -0.25) is 19.7 Å². The number of benzene rings is 1. The quantitative estimate of drug-likeness (QED) is 0.566. The molecule has 1 aromatic rings. The monoisotopic (exact) mass is 294 g/mol. The molecule has 21 heavy (non-hydrogen) atoms. The first-order valence-corrected chi connectivity index (χ1v) is 6.71. The number of nitrogens with zero attached hydrogens (tertiary/aromatic N) is 1. The number of carboxylic acids is 1. The second-order valence-corrected chi connectivity index (χ2v) is 4.72. The van der Waals surface area contributed by atoms with Gasteiger partial charge in [0.15, 0.2) is 0 Å². The lowest BCUT2D eigenvalue weighted by Gasteiger charge is -2.11. The van der Waals surface area contributed by atoms with Gasteiger partial charge in [-0.2, -0.15) is 0 Å². The van der Waals surface area contributed by atoms with Crippen molar-refractivity contribution in [2.75, 3.05) is 5.32 Å². The molecule has 0 radical (unpaired) electrons. The Kier molecular flexibility index (Phi) is 6.32. The van der Waals surface area contributed by atoms with Crippen molar-refractivity contribution < 1.29 is 19.6 Å². The van der Waals surface area contributed by atoms with E-state index in [4.69, 9.17) is 5.11 Å². The van der Waals surface area contributed by atoms with Crippen LogP contribution in [0.15, 0.2) is 24.3 Å². The molecular weight excluding hydrogens is 276 g/mol. The molecule has 7 heteroatoms. The van der Waals surface area contributed by atoms with Crippen LogP contribution in [0.5, 0.6) is 0 Å². The summed E-state index contributed by atoms with van der Waals surface area (Å²) in [5.74, 6) is -1.79. The molecule has 0 aliphatic carbocycles. The Balaban J connectivity index is 2.55. The van der Waals surface area contributed by atoms with Gasteiger partial charge >= 0.3 is 5.97 Å². The summed E-state index contributed by atoms with van der Waals surface area (Å²) in [6.07, 6.45) is 1.59. The molecule has 0 aliphatic heterocycles. The van der Waals surface area contributed by atoms with Crippen molar-refractivity contribution in [3.63, 3.8) is 0 Å². The molecule has 0 saturated heterocycles. The highest BCUT2D eigenvalue weighted by atomic mass is 16.6. The third-order valence-electron chi connectivity index (χ3n) is 3.05. The van der Waals surface area contributed by atoms with Crippen LogP contribution in [0.4, 0.5) is 11.4 Å². The van der Waals surface area contributed by atoms with Crippen LogP contribution in [0.3, 0.4) is 0 Å². The molecule has 0 aliphatic rings. The second kappa shape index (κ2) is 7.98. The van der Waals surface area contributed by atoms with Crippen LogP contribution >= 0.6 is 0 Å². The summed E-state index contributed by atoms with van der Waals surface area (Å²) in [6, 6.07) is 5.62. The van der Waals surface area contributed by atoms with Crippen molar-refractivity contribution in [2.24, 2.45) is 5.92 Å². The lowest BCUT2D eigenvalue weighted by atomic mass is 9.98. The molecule has 2 N–H and O–H groups in total. The van der Waals surface area contributed by atoms with Gasteiger partial charge in [-0.25, -0.2) is 0 Å². The standard InChI is InChI=1S/C14H18N2O5/c1-2-4-10(14(18)19)7-8-13(17)15-11-5-3-6-12(9-11)16(20)21/h3,5-6,9-10H,2,4,7-8H2,1H3,(H,15,17)(H,18,19)/t10-/m1/s1. The molecule has 1 aromatic carbocycles. The minimum Gasteiger partial charge on any atom is -0.481 e. The number of nitrogens with one attached hydrogen (secondary N) is 1. The van der Waals surface area contributed by atoms with E-state index < -0.39 is 16.8 Å². The Bertz CT molecular complexity index is 530. The van der Waals surface area contributed by atoms with Crippen LogP contribution in [-0.4, -0.2) is 21.9 Å². The third kappa shape index (κ3) is 5.60. The number of anilines is 1. The van der Waals surface area contributed by atoms with Gasteiger partial charge in [-0.1, -0.05) is 19.4 Å². The van der Waals surface area contributed by atoms with Crippen molar-refractivity contribution in [3.05, 3.63) is 34.4 Å². The van der Waals surface area contributed by atoms with Crippen molar-refractivity contribution in [1.29, 1.82) is 0 Å². The largest absolute Gasteiger partial charge is 0.481 e. The average molecular weight is 294 g/mol. The summed E-state index contributed by atoms with van der Waals surface area (Å²) in [4.78, 5) is 32.8. The smallest absolute Gasteiger partial charge is 0.306 e. The molecule has 1 amide bonds. The van der Waals surface area contributed by atoms with Crippen molar-refractivity contribution in [1.82, 2.24) is 0 Å². The van der Waals surface area contributed by atoms with E-state index in [9.17, 15) is 19.7 Å². The van der Waals surface area contributed by atoms with Gasteiger partial charge in [0, 0.05) is 24.2 Å².